The normalized spacial score (nSPS) is 12.5. The van der Waals surface area contributed by atoms with Gasteiger partial charge >= 0.3 is 5.97 Å². The van der Waals surface area contributed by atoms with E-state index in [2.05, 4.69) is 15.3 Å². The standard InChI is InChI=1S/C19H21N3O2S/c1-11(2)16(19(23)24)22-17-14-9-12(3)25-18(14)21-15(20-17)10-13-7-5-4-6-8-13/h4-9,11,16H,10H2,1-3H3,(H,23,24)(H,20,21,22). The fraction of sp³-hybridized carbons (Fsp3) is 0.316. The second-order valence-corrected chi connectivity index (χ2v) is 7.67. The Morgan fingerprint density at radius 1 is 1.24 bits per heavy atom. The van der Waals surface area contributed by atoms with Gasteiger partial charge in [-0.1, -0.05) is 44.2 Å². The molecule has 25 heavy (non-hydrogen) atoms. The Bertz CT molecular complexity index is 890. The van der Waals surface area contributed by atoms with Crippen molar-refractivity contribution in [1.29, 1.82) is 0 Å². The molecule has 2 heterocycles. The maximum atomic E-state index is 11.6. The van der Waals surface area contributed by atoms with Crippen molar-refractivity contribution in [1.82, 2.24) is 9.97 Å². The first-order valence-electron chi connectivity index (χ1n) is 8.24. The maximum absolute atomic E-state index is 11.6. The summed E-state index contributed by atoms with van der Waals surface area (Å²) in [5.74, 6) is 0.357. The summed E-state index contributed by atoms with van der Waals surface area (Å²) in [4.78, 5) is 22.9. The fourth-order valence-electron chi connectivity index (χ4n) is 2.71. The third kappa shape index (κ3) is 3.96. The van der Waals surface area contributed by atoms with E-state index in [-0.39, 0.29) is 5.92 Å². The van der Waals surface area contributed by atoms with Crippen LogP contribution in [0.4, 0.5) is 5.82 Å². The topological polar surface area (TPSA) is 75.1 Å². The third-order valence-corrected chi connectivity index (χ3v) is 4.94. The molecular weight excluding hydrogens is 334 g/mol. The van der Waals surface area contributed by atoms with Crippen LogP contribution in [0.15, 0.2) is 36.4 Å². The van der Waals surface area contributed by atoms with Crippen LogP contribution in [0.5, 0.6) is 0 Å². The molecule has 5 nitrogen and oxygen atoms in total. The first-order valence-corrected chi connectivity index (χ1v) is 9.06. The largest absolute Gasteiger partial charge is 0.480 e. The summed E-state index contributed by atoms with van der Waals surface area (Å²) in [6.07, 6.45) is 0.613. The molecule has 0 radical (unpaired) electrons. The van der Waals surface area contributed by atoms with Crippen LogP contribution < -0.4 is 5.32 Å². The van der Waals surface area contributed by atoms with Crippen molar-refractivity contribution in [3.8, 4) is 0 Å². The molecule has 0 aliphatic rings. The zero-order chi connectivity index (χ0) is 18.0. The van der Waals surface area contributed by atoms with Gasteiger partial charge in [-0.2, -0.15) is 0 Å². The van der Waals surface area contributed by atoms with Crippen molar-refractivity contribution in [2.24, 2.45) is 5.92 Å². The van der Waals surface area contributed by atoms with Gasteiger partial charge in [0.05, 0.1) is 5.39 Å². The number of fused-ring (bicyclic) bond motifs is 1. The van der Waals surface area contributed by atoms with Crippen LogP contribution in [0.1, 0.15) is 30.1 Å². The quantitative estimate of drug-likeness (QED) is 0.696. The van der Waals surface area contributed by atoms with Crippen molar-refractivity contribution in [2.45, 2.75) is 33.2 Å². The lowest BCUT2D eigenvalue weighted by molar-refractivity contribution is -0.138. The minimum Gasteiger partial charge on any atom is -0.480 e. The van der Waals surface area contributed by atoms with Gasteiger partial charge in [-0.05, 0) is 24.5 Å². The van der Waals surface area contributed by atoms with Crippen LogP contribution in [-0.2, 0) is 11.2 Å². The number of nitrogens with zero attached hydrogens (tertiary/aromatic N) is 2. The van der Waals surface area contributed by atoms with E-state index >= 15 is 0 Å². The van der Waals surface area contributed by atoms with E-state index in [0.29, 0.717) is 18.1 Å². The Kier molecular flexibility index (Phi) is 4.99. The predicted octanol–water partition coefficient (Wildman–Crippen LogP) is 4.11. The molecule has 2 aromatic heterocycles. The smallest absolute Gasteiger partial charge is 0.326 e. The van der Waals surface area contributed by atoms with E-state index in [1.807, 2.05) is 57.2 Å². The highest BCUT2D eigenvalue weighted by Gasteiger charge is 2.23. The number of hydrogen-bond acceptors (Lipinski definition) is 5. The lowest BCUT2D eigenvalue weighted by Gasteiger charge is -2.19. The van der Waals surface area contributed by atoms with Gasteiger partial charge in [-0.3, -0.25) is 0 Å². The molecule has 0 saturated carbocycles. The van der Waals surface area contributed by atoms with Crippen LogP contribution in [0.2, 0.25) is 0 Å². The van der Waals surface area contributed by atoms with E-state index < -0.39 is 12.0 Å². The number of aliphatic carboxylic acids is 1. The van der Waals surface area contributed by atoms with Gasteiger partial charge < -0.3 is 10.4 Å². The number of anilines is 1. The van der Waals surface area contributed by atoms with Crippen LogP contribution in [0.3, 0.4) is 0 Å². The summed E-state index contributed by atoms with van der Waals surface area (Å²) in [6, 6.07) is 11.3. The van der Waals surface area contributed by atoms with Gasteiger partial charge in [0, 0.05) is 11.3 Å². The van der Waals surface area contributed by atoms with Crippen molar-refractivity contribution in [3.63, 3.8) is 0 Å². The number of carbonyl (C=O) groups is 1. The van der Waals surface area contributed by atoms with E-state index in [1.165, 1.54) is 0 Å². The summed E-state index contributed by atoms with van der Waals surface area (Å²) in [6.45, 7) is 5.78. The number of aryl methyl sites for hydroxylation is 1. The molecule has 130 valence electrons. The number of benzene rings is 1. The molecule has 0 aliphatic heterocycles. The Morgan fingerprint density at radius 2 is 1.96 bits per heavy atom. The molecule has 3 aromatic rings. The number of rotatable bonds is 6. The van der Waals surface area contributed by atoms with Gasteiger partial charge in [0.15, 0.2) is 0 Å². The highest BCUT2D eigenvalue weighted by molar-refractivity contribution is 7.18. The fourth-order valence-corrected chi connectivity index (χ4v) is 3.61. The molecule has 1 unspecified atom stereocenters. The first-order chi connectivity index (χ1) is 11.9. The summed E-state index contributed by atoms with van der Waals surface area (Å²) in [5.41, 5.74) is 1.12. The minimum absolute atomic E-state index is 0.0557. The molecule has 0 aliphatic carbocycles. The Morgan fingerprint density at radius 3 is 2.60 bits per heavy atom. The summed E-state index contributed by atoms with van der Waals surface area (Å²) < 4.78 is 0. The molecule has 0 fully saturated rings. The lowest BCUT2D eigenvalue weighted by atomic mass is 10.0. The number of hydrogen-bond donors (Lipinski definition) is 2. The number of aromatic nitrogens is 2. The monoisotopic (exact) mass is 355 g/mol. The average Bonchev–Trinajstić information content (AvgIpc) is 2.93. The van der Waals surface area contributed by atoms with Crippen molar-refractivity contribution in [3.05, 3.63) is 52.7 Å². The Labute approximate surface area is 150 Å². The second kappa shape index (κ2) is 7.19. The van der Waals surface area contributed by atoms with E-state index in [4.69, 9.17) is 0 Å². The van der Waals surface area contributed by atoms with Crippen molar-refractivity contribution >= 4 is 33.3 Å². The summed E-state index contributed by atoms with van der Waals surface area (Å²) in [7, 11) is 0. The van der Waals surface area contributed by atoms with Crippen LogP contribution >= 0.6 is 11.3 Å². The van der Waals surface area contributed by atoms with Crippen molar-refractivity contribution in [2.75, 3.05) is 5.32 Å². The molecule has 1 aromatic carbocycles. The van der Waals surface area contributed by atoms with Gasteiger partial charge in [0.1, 0.15) is 22.5 Å². The number of carboxylic acids is 1. The molecule has 1 atom stereocenters. The molecule has 6 heteroatoms. The van der Waals surface area contributed by atoms with E-state index in [0.717, 1.165) is 20.7 Å². The molecule has 2 N–H and O–H groups in total. The molecule has 0 spiro atoms. The zero-order valence-corrected chi connectivity index (χ0v) is 15.3. The lowest BCUT2D eigenvalue weighted by Crippen LogP contribution is -2.34. The van der Waals surface area contributed by atoms with Crippen LogP contribution in [-0.4, -0.2) is 27.1 Å². The van der Waals surface area contributed by atoms with E-state index in [1.54, 1.807) is 11.3 Å². The van der Waals surface area contributed by atoms with Gasteiger partial charge in [-0.25, -0.2) is 14.8 Å². The van der Waals surface area contributed by atoms with E-state index in [9.17, 15) is 9.90 Å². The van der Waals surface area contributed by atoms with Gasteiger partial charge in [-0.15, -0.1) is 11.3 Å². The first kappa shape index (κ1) is 17.4. The SMILES string of the molecule is Cc1cc2c(NC(C(=O)O)C(C)C)nc(Cc3ccccc3)nc2s1. The summed E-state index contributed by atoms with van der Waals surface area (Å²) >= 11 is 1.60. The van der Waals surface area contributed by atoms with Crippen molar-refractivity contribution < 1.29 is 9.90 Å². The number of carboxylic acid groups (broad SMARTS) is 1. The molecular formula is C19H21N3O2S. The van der Waals surface area contributed by atoms with Gasteiger partial charge in [0.2, 0.25) is 0 Å². The number of thiophene rings is 1. The van der Waals surface area contributed by atoms with Crippen LogP contribution in [0, 0.1) is 12.8 Å². The molecule has 3 rings (SSSR count). The summed E-state index contributed by atoms with van der Waals surface area (Å²) in [5, 5.41) is 13.5. The van der Waals surface area contributed by atoms with Gasteiger partial charge in [0.25, 0.3) is 0 Å². The second-order valence-electron chi connectivity index (χ2n) is 6.43. The predicted molar refractivity (Wildman–Crippen MR) is 101 cm³/mol. The maximum Gasteiger partial charge on any atom is 0.326 e. The highest BCUT2D eigenvalue weighted by Crippen LogP contribution is 2.30. The molecule has 0 saturated heterocycles. The highest BCUT2D eigenvalue weighted by atomic mass is 32.1. The Hall–Kier alpha value is -2.47. The average molecular weight is 355 g/mol. The number of nitrogens with one attached hydrogen (secondary N) is 1. The Balaban J connectivity index is 2.01. The molecule has 0 bridgehead atoms. The van der Waals surface area contributed by atoms with Crippen LogP contribution in [0.25, 0.3) is 10.2 Å². The zero-order valence-electron chi connectivity index (χ0n) is 14.5. The minimum atomic E-state index is -0.877. The molecule has 0 amide bonds. The third-order valence-electron chi connectivity index (χ3n) is 3.99.